The summed E-state index contributed by atoms with van der Waals surface area (Å²) in [4.78, 5) is 7.49. The second kappa shape index (κ2) is 9.69. The minimum atomic E-state index is -4.46. The van der Waals surface area contributed by atoms with Crippen LogP contribution in [0.2, 0.25) is 0 Å². The van der Waals surface area contributed by atoms with Crippen LogP contribution in [0, 0.1) is 6.92 Å². The van der Waals surface area contributed by atoms with Gasteiger partial charge in [0.25, 0.3) is 0 Å². The predicted molar refractivity (Wildman–Crippen MR) is 132 cm³/mol. The zero-order chi connectivity index (χ0) is 24.6. The molecule has 11 heteroatoms. The quantitative estimate of drug-likeness (QED) is 0.371. The van der Waals surface area contributed by atoms with Crippen LogP contribution in [0.1, 0.15) is 53.8 Å². The first-order valence-electron chi connectivity index (χ1n) is 11.5. The number of hydrogen-bond donors (Lipinski definition) is 0. The summed E-state index contributed by atoms with van der Waals surface area (Å²) in [6, 6.07) is 2.98. The molecule has 1 aliphatic heterocycles. The number of alkyl halides is 3. The van der Waals surface area contributed by atoms with E-state index in [4.69, 9.17) is 21.7 Å². The van der Waals surface area contributed by atoms with Crippen molar-refractivity contribution in [3.63, 3.8) is 0 Å². The first-order valence-corrected chi connectivity index (χ1v) is 12.8. The molecular formula is C24H24F3N5OS2. The molecule has 0 N–H and O–H groups in total. The van der Waals surface area contributed by atoms with Crippen LogP contribution < -0.4 is 0 Å². The molecule has 0 amide bonds. The highest BCUT2D eigenvalue weighted by Crippen LogP contribution is 2.34. The average molecular weight is 520 g/mol. The molecule has 6 nitrogen and oxygen atoms in total. The van der Waals surface area contributed by atoms with Gasteiger partial charge in [-0.25, -0.2) is 4.98 Å². The van der Waals surface area contributed by atoms with Crippen molar-refractivity contribution in [2.75, 3.05) is 13.1 Å². The summed E-state index contributed by atoms with van der Waals surface area (Å²) in [7, 11) is 0. The third kappa shape index (κ3) is 5.25. The lowest BCUT2D eigenvalue weighted by atomic mass is 9.97. The van der Waals surface area contributed by atoms with Crippen LogP contribution in [0.15, 0.2) is 40.3 Å². The number of aromatic nitrogens is 4. The molecule has 2 aliphatic rings. The Hall–Kier alpha value is -2.79. The van der Waals surface area contributed by atoms with Crippen LogP contribution in [0.25, 0.3) is 17.0 Å². The molecule has 1 saturated heterocycles. The maximum absolute atomic E-state index is 12.9. The number of allylic oxidation sites excluding steroid dienone is 4. The second-order valence-electron chi connectivity index (χ2n) is 8.77. The molecule has 0 radical (unpaired) electrons. The third-order valence-electron chi connectivity index (χ3n) is 6.33. The summed E-state index contributed by atoms with van der Waals surface area (Å²) in [5.74, 6) is 1.06. The van der Waals surface area contributed by atoms with Gasteiger partial charge in [0, 0.05) is 41.7 Å². The molecule has 3 aromatic rings. The minimum Gasteiger partial charge on any atom is -0.365 e. The van der Waals surface area contributed by atoms with Crippen molar-refractivity contribution in [1.82, 2.24) is 24.8 Å². The summed E-state index contributed by atoms with van der Waals surface area (Å²) >= 11 is 7.16. The molecule has 184 valence electrons. The molecular weight excluding hydrogens is 495 g/mol. The fourth-order valence-electron chi connectivity index (χ4n) is 4.33. The van der Waals surface area contributed by atoms with E-state index in [1.54, 1.807) is 18.3 Å². The normalized spacial score (nSPS) is 17.1. The van der Waals surface area contributed by atoms with Crippen molar-refractivity contribution in [1.29, 1.82) is 0 Å². The van der Waals surface area contributed by atoms with Gasteiger partial charge in [-0.1, -0.05) is 35.6 Å². The Labute approximate surface area is 210 Å². The lowest BCUT2D eigenvalue weighted by Crippen LogP contribution is -2.39. The Morgan fingerprint density at radius 1 is 1.20 bits per heavy atom. The van der Waals surface area contributed by atoms with Crippen LogP contribution in [0.3, 0.4) is 0 Å². The number of nitrogens with zero attached hydrogens (tertiary/aromatic N) is 5. The van der Waals surface area contributed by atoms with Crippen molar-refractivity contribution >= 4 is 34.1 Å². The molecule has 5 rings (SSSR count). The summed E-state index contributed by atoms with van der Waals surface area (Å²) in [5.41, 5.74) is 2.15. The number of aryl methyl sites for hydroxylation is 1. The van der Waals surface area contributed by atoms with Gasteiger partial charge in [0.1, 0.15) is 11.4 Å². The van der Waals surface area contributed by atoms with Crippen LogP contribution >= 0.6 is 23.6 Å². The first kappa shape index (κ1) is 23.9. The standard InChI is InChI=1S/C24H24F3N5OS2/c1-15-11-21(24(25,26)27)29-32(15)13-22(34)31-9-7-17(8-10-31)23-28-19(14-35-23)18-12-20(33-30-18)16-5-3-2-4-6-16/h3,5-6,11-12,14,17H,2,4,7-10,13H2,1H3. The molecule has 0 atom stereocenters. The summed E-state index contributed by atoms with van der Waals surface area (Å²) < 4.78 is 45.7. The number of thiocarbonyl (C=S) groups is 1. The van der Waals surface area contributed by atoms with Gasteiger partial charge in [0.2, 0.25) is 0 Å². The Morgan fingerprint density at radius 2 is 2.00 bits per heavy atom. The molecule has 0 aromatic carbocycles. The van der Waals surface area contributed by atoms with Gasteiger partial charge in [0.15, 0.2) is 11.5 Å². The molecule has 4 heterocycles. The molecule has 3 aromatic heterocycles. The lowest BCUT2D eigenvalue weighted by molar-refractivity contribution is -0.141. The summed E-state index contributed by atoms with van der Waals surface area (Å²) in [6.07, 6.45) is 5.68. The first-order chi connectivity index (χ1) is 16.8. The molecule has 1 fully saturated rings. The number of likely N-dealkylation sites (tertiary alicyclic amines) is 1. The van der Waals surface area contributed by atoms with E-state index < -0.39 is 11.9 Å². The maximum Gasteiger partial charge on any atom is 0.435 e. The number of rotatable bonds is 5. The SMILES string of the molecule is Cc1cc(C(F)(F)F)nn1CC(=S)N1CCC(c2nc(-c3cc(C4=CCCC=C4)on3)cs2)CC1. The van der Waals surface area contributed by atoms with E-state index in [0.29, 0.717) is 16.6 Å². The van der Waals surface area contributed by atoms with Gasteiger partial charge >= 0.3 is 6.18 Å². The molecule has 0 spiro atoms. The molecule has 35 heavy (non-hydrogen) atoms. The molecule has 0 unspecified atom stereocenters. The van der Waals surface area contributed by atoms with E-state index in [9.17, 15) is 13.2 Å². The van der Waals surface area contributed by atoms with E-state index in [1.807, 2.05) is 11.4 Å². The fourth-order valence-corrected chi connectivity index (χ4v) is 5.62. The van der Waals surface area contributed by atoms with E-state index in [1.165, 1.54) is 4.68 Å². The van der Waals surface area contributed by atoms with Crippen molar-refractivity contribution in [3.05, 3.63) is 57.9 Å². The maximum atomic E-state index is 12.9. The Morgan fingerprint density at radius 3 is 2.69 bits per heavy atom. The van der Waals surface area contributed by atoms with E-state index >= 15 is 0 Å². The van der Waals surface area contributed by atoms with E-state index in [0.717, 1.165) is 72.6 Å². The largest absolute Gasteiger partial charge is 0.435 e. The highest BCUT2D eigenvalue weighted by atomic mass is 32.1. The monoisotopic (exact) mass is 519 g/mol. The van der Waals surface area contributed by atoms with Crippen LogP contribution in [-0.4, -0.2) is 42.9 Å². The number of hydrogen-bond acceptors (Lipinski definition) is 6. The number of thiazole rings is 1. The minimum absolute atomic E-state index is 0.170. The van der Waals surface area contributed by atoms with Crippen molar-refractivity contribution in [2.24, 2.45) is 0 Å². The zero-order valence-electron chi connectivity index (χ0n) is 19.1. The van der Waals surface area contributed by atoms with Gasteiger partial charge in [-0.15, -0.1) is 11.3 Å². The van der Waals surface area contributed by atoms with E-state index in [2.05, 4.69) is 33.4 Å². The van der Waals surface area contributed by atoms with Gasteiger partial charge in [-0.05, 0) is 38.7 Å². The molecule has 0 bridgehead atoms. The summed E-state index contributed by atoms with van der Waals surface area (Å²) in [5, 5.41) is 11.0. The average Bonchev–Trinajstić information content (AvgIpc) is 3.60. The zero-order valence-corrected chi connectivity index (χ0v) is 20.7. The highest BCUT2D eigenvalue weighted by Gasteiger charge is 2.34. The molecule has 1 aliphatic carbocycles. The number of piperidine rings is 1. The van der Waals surface area contributed by atoms with Crippen LogP contribution in [0.5, 0.6) is 0 Å². The second-order valence-corrected chi connectivity index (χ2v) is 10.1. The third-order valence-corrected chi connectivity index (χ3v) is 7.72. The summed E-state index contributed by atoms with van der Waals surface area (Å²) in [6.45, 7) is 3.25. The predicted octanol–water partition coefficient (Wildman–Crippen LogP) is 6.26. The number of halogens is 3. The van der Waals surface area contributed by atoms with Crippen molar-refractivity contribution < 1.29 is 17.7 Å². The Bertz CT molecular complexity index is 1280. The van der Waals surface area contributed by atoms with Crippen LogP contribution in [-0.2, 0) is 12.7 Å². The van der Waals surface area contributed by atoms with E-state index in [-0.39, 0.29) is 6.54 Å². The van der Waals surface area contributed by atoms with Crippen LogP contribution in [0.4, 0.5) is 13.2 Å². The van der Waals surface area contributed by atoms with Gasteiger partial charge in [0.05, 0.1) is 16.5 Å². The lowest BCUT2D eigenvalue weighted by Gasteiger charge is -2.33. The van der Waals surface area contributed by atoms with Crippen molar-refractivity contribution in [2.45, 2.75) is 51.2 Å². The van der Waals surface area contributed by atoms with Gasteiger partial charge in [-0.2, -0.15) is 18.3 Å². The smallest absolute Gasteiger partial charge is 0.365 e. The highest BCUT2D eigenvalue weighted by molar-refractivity contribution is 7.80. The topological polar surface area (TPSA) is 60.0 Å². The fraction of sp³-hybridized carbons (Fsp3) is 0.417. The molecule has 0 saturated carbocycles. The Kier molecular flexibility index (Phi) is 6.63. The van der Waals surface area contributed by atoms with Crippen molar-refractivity contribution in [3.8, 4) is 11.4 Å². The van der Waals surface area contributed by atoms with Gasteiger partial charge < -0.3 is 9.42 Å². The van der Waals surface area contributed by atoms with Gasteiger partial charge in [-0.3, -0.25) is 4.68 Å². The Balaban J connectivity index is 1.18.